The highest BCUT2D eigenvalue weighted by molar-refractivity contribution is 8.13. The molecule has 4 aromatic rings. The number of sulfonamides is 2. The van der Waals surface area contributed by atoms with Crippen molar-refractivity contribution in [3.05, 3.63) is 100 Å². The number of carbonyl (C=O) groups is 3. The lowest BCUT2D eigenvalue weighted by atomic mass is 9.91. The van der Waals surface area contributed by atoms with Crippen LogP contribution in [0.15, 0.2) is 89.8 Å². The van der Waals surface area contributed by atoms with Gasteiger partial charge in [0.1, 0.15) is 47.6 Å². The molecule has 0 aromatic heterocycles. The fraction of sp³-hybridized carbons (Fsp3) is 0.545. The molecule has 22 heteroatoms. The molecule has 2 unspecified atom stereocenters. The minimum Gasteiger partial charge on any atom is -0.508 e. The number of fused-ring (bicyclic) bond motifs is 1. The zero-order valence-corrected chi connectivity index (χ0v) is 48.3. The van der Waals surface area contributed by atoms with E-state index in [1.807, 2.05) is 57.2 Å². The smallest absolute Gasteiger partial charge is 0.480 e. The average Bonchev–Trinajstić information content (AvgIpc) is 3.91. The second kappa shape index (κ2) is 30.8. The number of phenols is 1. The molecule has 0 amide bonds. The molecular weight excluding hydrogens is 1070 g/mol. The van der Waals surface area contributed by atoms with Gasteiger partial charge in [-0.2, -0.15) is 22.0 Å². The summed E-state index contributed by atoms with van der Waals surface area (Å²) >= 11 is 0. The summed E-state index contributed by atoms with van der Waals surface area (Å²) in [6.07, 6.45) is 7.69. The van der Waals surface area contributed by atoms with E-state index in [1.165, 1.54) is 66.5 Å². The summed E-state index contributed by atoms with van der Waals surface area (Å²) in [4.78, 5) is 35.7. The van der Waals surface area contributed by atoms with E-state index in [0.717, 1.165) is 35.7 Å². The maximum Gasteiger partial charge on any atom is 0.480 e. The van der Waals surface area contributed by atoms with Gasteiger partial charge in [-0.05, 0) is 139 Å². The van der Waals surface area contributed by atoms with Crippen molar-refractivity contribution in [3.8, 4) is 17.2 Å². The molecule has 0 aliphatic carbocycles. The molecule has 14 nitrogen and oxygen atoms in total. The number of phenolic OH excluding ortho intramolecular Hbond substituents is 1. The van der Waals surface area contributed by atoms with Gasteiger partial charge in [0, 0.05) is 21.7 Å². The maximum atomic E-state index is 13.4. The SMILES string of the molecule is CCC(C)(C)C(=O)OCCOC(=O)C(F)(F)S(=O)(=O)[N-]S(=O)(=O)C(F)(F)F.CCC(C)c1ccc(O)cc1.CCC(C)c1ccc(OCC(=O)OC(C)(C)C)cc1.CCCCOc1ccc([S+]2CCCC2)c2ccccc12. The molecule has 432 valence electrons. The van der Waals surface area contributed by atoms with Gasteiger partial charge in [0.2, 0.25) is 0 Å². The van der Waals surface area contributed by atoms with E-state index in [4.69, 9.17) is 19.3 Å². The summed E-state index contributed by atoms with van der Waals surface area (Å²) in [6, 6.07) is 28.6. The standard InChI is InChI=1S/C18H23OS.C16H24O3.C11H15F5NO8S2.C10H14O/c1-2-3-12-19-17-10-11-18(20-13-6-7-14-20)16-9-5-4-8-15(16)17;1-6-12(2)13-7-9-14(10-8-13)18-11-15(17)19-16(3,4)5;1-4-9(2,3)7(18)24-5-6-25-8(19)10(12,13)26(20,21)17-27(22,23)11(14,15)16;1-3-8(2)9-4-6-10(11)7-5-9/h4-5,8-11H,2-3,6-7,12-14H2,1H3;7-10,12H,6,11H2,1-5H3;4-6H2,1-3H3;4-8,11H,3H2,1-2H3/q+1;;-1;. The van der Waals surface area contributed by atoms with E-state index in [2.05, 4.69) is 80.5 Å². The van der Waals surface area contributed by atoms with Gasteiger partial charge in [-0.1, -0.05) is 90.4 Å². The molecule has 1 aliphatic rings. The first-order chi connectivity index (χ1) is 35.8. The van der Waals surface area contributed by atoms with Gasteiger partial charge in [-0.3, -0.25) is 4.79 Å². The lowest BCUT2D eigenvalue weighted by molar-refractivity contribution is -0.167. The maximum absolute atomic E-state index is 13.4. The van der Waals surface area contributed by atoms with Crippen LogP contribution in [0.5, 0.6) is 17.2 Å². The van der Waals surface area contributed by atoms with E-state index in [1.54, 1.807) is 24.0 Å². The van der Waals surface area contributed by atoms with E-state index >= 15 is 0 Å². The summed E-state index contributed by atoms with van der Waals surface area (Å²) in [5, 5.41) is 5.99. The molecule has 0 saturated carbocycles. The molecule has 0 radical (unpaired) electrons. The number of unbranched alkanes of at least 4 members (excludes halogenated alkanes) is 1. The van der Waals surface area contributed by atoms with Crippen molar-refractivity contribution in [2.45, 2.75) is 154 Å². The van der Waals surface area contributed by atoms with E-state index < -0.39 is 67.0 Å². The summed E-state index contributed by atoms with van der Waals surface area (Å²) in [6.45, 7) is 20.0. The van der Waals surface area contributed by atoms with E-state index in [0.29, 0.717) is 40.7 Å². The van der Waals surface area contributed by atoms with Crippen LogP contribution < -0.4 is 9.47 Å². The molecular formula is C55H76F5NO13S3. The number of halogens is 5. The minimum atomic E-state index is -6.85. The van der Waals surface area contributed by atoms with Crippen LogP contribution in [0.3, 0.4) is 0 Å². The minimum absolute atomic E-state index is 0.0556. The number of nitrogens with zero attached hydrogens (tertiary/aromatic N) is 1. The highest BCUT2D eigenvalue weighted by atomic mass is 32.3. The number of benzene rings is 4. The largest absolute Gasteiger partial charge is 0.508 e. The highest BCUT2D eigenvalue weighted by Crippen LogP contribution is 2.37. The van der Waals surface area contributed by atoms with Gasteiger partial charge >= 0.3 is 28.7 Å². The zero-order valence-electron chi connectivity index (χ0n) is 45.8. The van der Waals surface area contributed by atoms with Crippen LogP contribution in [-0.4, -0.2) is 94.1 Å². The van der Waals surface area contributed by atoms with Gasteiger partial charge in [0.05, 0.1) is 12.0 Å². The average molecular weight is 1150 g/mol. The van der Waals surface area contributed by atoms with Gasteiger partial charge in [0.15, 0.2) is 31.5 Å². The lowest BCUT2D eigenvalue weighted by Gasteiger charge is -2.26. The molecule has 1 N–H and O–H groups in total. The van der Waals surface area contributed by atoms with Crippen LogP contribution in [-0.2, 0) is 59.5 Å². The van der Waals surface area contributed by atoms with Crippen molar-refractivity contribution in [3.63, 3.8) is 0 Å². The van der Waals surface area contributed by atoms with Crippen molar-refractivity contribution in [1.82, 2.24) is 0 Å². The third-order valence-electron chi connectivity index (χ3n) is 11.9. The fourth-order valence-corrected chi connectivity index (χ4v) is 11.0. The van der Waals surface area contributed by atoms with Gasteiger partial charge in [-0.15, -0.1) is 0 Å². The van der Waals surface area contributed by atoms with Crippen LogP contribution in [0, 0.1) is 5.41 Å². The molecule has 1 fully saturated rings. The Labute approximate surface area is 454 Å². The molecule has 1 aliphatic heterocycles. The van der Waals surface area contributed by atoms with Crippen molar-refractivity contribution >= 4 is 59.6 Å². The van der Waals surface area contributed by atoms with Gasteiger partial charge in [-0.25, -0.2) is 26.4 Å². The molecule has 4 aromatic carbocycles. The van der Waals surface area contributed by atoms with Crippen molar-refractivity contribution < 1.29 is 82.0 Å². The zero-order chi connectivity index (χ0) is 58.4. The second-order valence-electron chi connectivity index (χ2n) is 19.6. The van der Waals surface area contributed by atoms with Crippen LogP contribution >= 0.6 is 0 Å². The number of rotatable bonds is 21. The number of alkyl halides is 5. The van der Waals surface area contributed by atoms with Crippen LogP contribution in [0.1, 0.15) is 144 Å². The molecule has 2 atom stereocenters. The molecule has 1 saturated heterocycles. The van der Waals surface area contributed by atoms with Crippen molar-refractivity contribution in [2.75, 3.05) is 37.9 Å². The topological polar surface area (TPSA) is 200 Å². The normalized spacial score (nSPS) is 14.0. The predicted molar refractivity (Wildman–Crippen MR) is 290 cm³/mol. The number of hydrogen-bond donors (Lipinski definition) is 1. The van der Waals surface area contributed by atoms with Crippen LogP contribution in [0.4, 0.5) is 22.0 Å². The Kier molecular flexibility index (Phi) is 27.2. The Balaban J connectivity index is 0.000000364. The molecule has 1 heterocycles. The summed E-state index contributed by atoms with van der Waals surface area (Å²) < 4.78 is 132. The molecule has 0 spiro atoms. The quantitative estimate of drug-likeness (QED) is 0.0272. The second-order valence-corrected chi connectivity index (χ2v) is 25.3. The predicted octanol–water partition coefficient (Wildman–Crippen LogP) is 13.3. The number of ether oxygens (including phenoxy) is 5. The first-order valence-corrected chi connectivity index (χ1v) is 29.8. The van der Waals surface area contributed by atoms with E-state index in [-0.39, 0.29) is 12.6 Å². The number of aromatic hydroxyl groups is 1. The molecule has 5 rings (SSSR count). The highest BCUT2D eigenvalue weighted by Gasteiger charge is 2.53. The number of hydrogen-bond acceptors (Lipinski definition) is 13. The Bertz CT molecular complexity index is 2690. The lowest BCUT2D eigenvalue weighted by Crippen LogP contribution is -2.41. The van der Waals surface area contributed by atoms with Gasteiger partial charge in [0.25, 0.3) is 0 Å². The molecule has 77 heavy (non-hydrogen) atoms. The Morgan fingerprint density at radius 3 is 1.65 bits per heavy atom. The Hall–Kier alpha value is -5.19. The van der Waals surface area contributed by atoms with Crippen LogP contribution in [0.2, 0.25) is 0 Å². The number of carbonyl (C=O) groups excluding carboxylic acids is 3. The van der Waals surface area contributed by atoms with Crippen LogP contribution in [0.25, 0.3) is 14.9 Å². The first-order valence-electron chi connectivity index (χ1n) is 25.3. The fourth-order valence-electron chi connectivity index (χ4n) is 6.52. The summed E-state index contributed by atoms with van der Waals surface area (Å²) in [5.74, 6) is 1.95. The Morgan fingerprint density at radius 1 is 0.662 bits per heavy atom. The summed E-state index contributed by atoms with van der Waals surface area (Å²) in [5.41, 5.74) is -5.11. The van der Waals surface area contributed by atoms with Gasteiger partial charge < -0.3 is 32.9 Å². The molecule has 0 bridgehead atoms. The Morgan fingerprint density at radius 2 is 1.17 bits per heavy atom. The third kappa shape index (κ3) is 22.2. The van der Waals surface area contributed by atoms with Crippen molar-refractivity contribution in [2.24, 2.45) is 5.41 Å². The van der Waals surface area contributed by atoms with E-state index in [9.17, 15) is 53.2 Å². The number of esters is 3. The summed E-state index contributed by atoms with van der Waals surface area (Å²) in [7, 11) is -13.2. The first kappa shape index (κ1) is 67.9. The monoisotopic (exact) mass is 1150 g/mol. The van der Waals surface area contributed by atoms with Crippen molar-refractivity contribution in [1.29, 1.82) is 0 Å². The third-order valence-corrected chi connectivity index (χ3v) is 17.4.